The fourth-order valence-corrected chi connectivity index (χ4v) is 2.84. The standard InChI is InChI=1S/C18H18N4/c1-13-3-7-18-10-16(20-21(18)11-13)6-4-15-5-8-17-9-14(2)19-22(17)12-15/h3,5,7-12H,4,6H2,1-2H3. The fraction of sp³-hybridized carbons (Fsp3) is 0.222. The molecule has 4 aromatic rings. The Morgan fingerprint density at radius 3 is 2.50 bits per heavy atom. The third-order valence-electron chi connectivity index (χ3n) is 3.97. The first-order valence-electron chi connectivity index (χ1n) is 7.57. The minimum atomic E-state index is 0.937. The van der Waals surface area contributed by atoms with Gasteiger partial charge in [0.15, 0.2) is 0 Å². The van der Waals surface area contributed by atoms with Crippen molar-refractivity contribution in [1.29, 1.82) is 0 Å². The maximum absolute atomic E-state index is 4.65. The number of nitrogens with zero attached hydrogens (tertiary/aromatic N) is 4. The van der Waals surface area contributed by atoms with Gasteiger partial charge in [-0.15, -0.1) is 0 Å². The van der Waals surface area contributed by atoms with Gasteiger partial charge in [0.25, 0.3) is 0 Å². The largest absolute Gasteiger partial charge is 0.240 e. The summed E-state index contributed by atoms with van der Waals surface area (Å²) in [5, 5.41) is 9.12. The van der Waals surface area contributed by atoms with Gasteiger partial charge in [-0.3, -0.25) is 0 Å². The van der Waals surface area contributed by atoms with Crippen LogP contribution in [-0.4, -0.2) is 19.2 Å². The molecule has 0 saturated heterocycles. The molecular formula is C18H18N4. The van der Waals surface area contributed by atoms with E-state index in [1.165, 1.54) is 11.1 Å². The van der Waals surface area contributed by atoms with Gasteiger partial charge in [-0.2, -0.15) is 10.2 Å². The van der Waals surface area contributed by atoms with Crippen LogP contribution >= 0.6 is 0 Å². The Hall–Kier alpha value is -2.62. The number of pyridine rings is 2. The lowest BCUT2D eigenvalue weighted by molar-refractivity contribution is 0.839. The molecule has 4 heterocycles. The normalized spacial score (nSPS) is 11.5. The summed E-state index contributed by atoms with van der Waals surface area (Å²) in [6.07, 6.45) is 6.09. The van der Waals surface area contributed by atoms with E-state index in [1.807, 2.05) is 16.0 Å². The van der Waals surface area contributed by atoms with Crippen molar-refractivity contribution in [1.82, 2.24) is 19.2 Å². The second-order valence-corrected chi connectivity index (χ2v) is 5.90. The van der Waals surface area contributed by atoms with E-state index in [0.29, 0.717) is 0 Å². The van der Waals surface area contributed by atoms with Crippen molar-refractivity contribution in [3.63, 3.8) is 0 Å². The predicted molar refractivity (Wildman–Crippen MR) is 87.3 cm³/mol. The van der Waals surface area contributed by atoms with Crippen LogP contribution in [0.4, 0.5) is 0 Å². The fourth-order valence-electron chi connectivity index (χ4n) is 2.84. The molecular weight excluding hydrogens is 272 g/mol. The molecule has 0 N–H and O–H groups in total. The summed E-state index contributed by atoms with van der Waals surface area (Å²) in [6.45, 7) is 4.10. The molecule has 0 aliphatic heterocycles. The molecule has 4 aromatic heterocycles. The zero-order chi connectivity index (χ0) is 15.1. The van der Waals surface area contributed by atoms with Crippen LogP contribution in [0.2, 0.25) is 0 Å². The van der Waals surface area contributed by atoms with Crippen molar-refractivity contribution in [2.75, 3.05) is 0 Å². The van der Waals surface area contributed by atoms with E-state index in [0.717, 1.165) is 35.3 Å². The monoisotopic (exact) mass is 290 g/mol. The van der Waals surface area contributed by atoms with Crippen molar-refractivity contribution in [3.8, 4) is 0 Å². The van der Waals surface area contributed by atoms with Crippen LogP contribution in [-0.2, 0) is 12.8 Å². The van der Waals surface area contributed by atoms with E-state index in [4.69, 9.17) is 0 Å². The Kier molecular flexibility index (Phi) is 2.96. The quantitative estimate of drug-likeness (QED) is 0.579. The highest BCUT2D eigenvalue weighted by Gasteiger charge is 2.04. The molecule has 0 saturated carbocycles. The van der Waals surface area contributed by atoms with E-state index in [2.05, 4.69) is 65.9 Å². The van der Waals surface area contributed by atoms with Crippen LogP contribution in [0.1, 0.15) is 22.5 Å². The minimum Gasteiger partial charge on any atom is -0.240 e. The van der Waals surface area contributed by atoms with Gasteiger partial charge in [-0.05, 0) is 62.1 Å². The number of hydrogen-bond donors (Lipinski definition) is 0. The van der Waals surface area contributed by atoms with Gasteiger partial charge in [-0.1, -0.05) is 12.1 Å². The van der Waals surface area contributed by atoms with Crippen LogP contribution in [0.5, 0.6) is 0 Å². The molecule has 110 valence electrons. The highest BCUT2D eigenvalue weighted by molar-refractivity contribution is 5.49. The maximum Gasteiger partial charge on any atom is 0.0664 e. The molecule has 0 atom stereocenters. The zero-order valence-corrected chi connectivity index (χ0v) is 12.8. The number of rotatable bonds is 3. The minimum absolute atomic E-state index is 0.937. The Balaban J connectivity index is 1.56. The van der Waals surface area contributed by atoms with Crippen LogP contribution < -0.4 is 0 Å². The van der Waals surface area contributed by atoms with Gasteiger partial charge < -0.3 is 0 Å². The van der Waals surface area contributed by atoms with Crippen LogP contribution in [0.25, 0.3) is 11.0 Å². The number of hydrogen-bond acceptors (Lipinski definition) is 2. The summed E-state index contributed by atoms with van der Waals surface area (Å²) >= 11 is 0. The van der Waals surface area contributed by atoms with E-state index in [1.54, 1.807) is 0 Å². The summed E-state index contributed by atoms with van der Waals surface area (Å²) in [7, 11) is 0. The second kappa shape index (κ2) is 4.98. The van der Waals surface area contributed by atoms with Crippen LogP contribution in [0.3, 0.4) is 0 Å². The van der Waals surface area contributed by atoms with Crippen molar-refractivity contribution < 1.29 is 0 Å². The van der Waals surface area contributed by atoms with Gasteiger partial charge in [0.2, 0.25) is 0 Å². The topological polar surface area (TPSA) is 34.6 Å². The van der Waals surface area contributed by atoms with Crippen LogP contribution in [0.15, 0.2) is 48.8 Å². The Labute approximate surface area is 129 Å². The van der Waals surface area contributed by atoms with Crippen molar-refractivity contribution in [3.05, 3.63) is 71.3 Å². The van der Waals surface area contributed by atoms with Gasteiger partial charge in [0.05, 0.1) is 22.4 Å². The SMILES string of the molecule is Cc1ccc2cc(CCc3ccc4cc(C)nn4c3)nn2c1. The molecule has 4 rings (SSSR count). The molecule has 0 spiro atoms. The number of fused-ring (bicyclic) bond motifs is 2. The first-order valence-corrected chi connectivity index (χ1v) is 7.57. The Morgan fingerprint density at radius 1 is 0.818 bits per heavy atom. The molecule has 0 aliphatic carbocycles. The zero-order valence-electron chi connectivity index (χ0n) is 12.8. The van der Waals surface area contributed by atoms with Gasteiger partial charge in [-0.25, -0.2) is 9.03 Å². The highest BCUT2D eigenvalue weighted by Crippen LogP contribution is 2.13. The summed E-state index contributed by atoms with van der Waals surface area (Å²) in [4.78, 5) is 0. The molecule has 0 fully saturated rings. The summed E-state index contributed by atoms with van der Waals surface area (Å²) < 4.78 is 3.92. The van der Waals surface area contributed by atoms with E-state index >= 15 is 0 Å². The maximum atomic E-state index is 4.65. The molecule has 0 unspecified atom stereocenters. The van der Waals surface area contributed by atoms with E-state index in [9.17, 15) is 0 Å². The lowest BCUT2D eigenvalue weighted by atomic mass is 10.1. The third-order valence-corrected chi connectivity index (χ3v) is 3.97. The predicted octanol–water partition coefficient (Wildman–Crippen LogP) is 3.38. The molecule has 0 aliphatic rings. The second-order valence-electron chi connectivity index (χ2n) is 5.90. The van der Waals surface area contributed by atoms with Crippen molar-refractivity contribution >= 4 is 11.0 Å². The summed E-state index contributed by atoms with van der Waals surface area (Å²) in [5.41, 5.74) is 6.98. The molecule has 0 amide bonds. The molecule has 0 aromatic carbocycles. The van der Waals surface area contributed by atoms with E-state index in [-0.39, 0.29) is 0 Å². The molecule has 22 heavy (non-hydrogen) atoms. The molecule has 0 bridgehead atoms. The first kappa shape index (κ1) is 13.1. The first-order chi connectivity index (χ1) is 10.7. The molecule has 4 nitrogen and oxygen atoms in total. The van der Waals surface area contributed by atoms with Crippen molar-refractivity contribution in [2.24, 2.45) is 0 Å². The lowest BCUT2D eigenvalue weighted by Gasteiger charge is -2.00. The van der Waals surface area contributed by atoms with Gasteiger partial charge in [0.1, 0.15) is 0 Å². The van der Waals surface area contributed by atoms with Gasteiger partial charge >= 0.3 is 0 Å². The molecule has 4 heteroatoms. The summed E-state index contributed by atoms with van der Waals surface area (Å²) in [5.74, 6) is 0. The highest BCUT2D eigenvalue weighted by atomic mass is 15.2. The third kappa shape index (κ3) is 2.37. The Bertz CT molecular complexity index is 960. The number of aryl methyl sites for hydroxylation is 4. The smallest absolute Gasteiger partial charge is 0.0664 e. The summed E-state index contributed by atoms with van der Waals surface area (Å²) in [6, 6.07) is 12.8. The Morgan fingerprint density at radius 2 is 1.59 bits per heavy atom. The van der Waals surface area contributed by atoms with Gasteiger partial charge in [0, 0.05) is 12.4 Å². The molecule has 0 radical (unpaired) electrons. The van der Waals surface area contributed by atoms with Crippen molar-refractivity contribution in [2.45, 2.75) is 26.7 Å². The van der Waals surface area contributed by atoms with E-state index < -0.39 is 0 Å². The average Bonchev–Trinajstić information content (AvgIpc) is 3.05. The van der Waals surface area contributed by atoms with Crippen LogP contribution in [0, 0.1) is 13.8 Å². The lowest BCUT2D eigenvalue weighted by Crippen LogP contribution is -1.96. The average molecular weight is 290 g/mol. The number of aromatic nitrogens is 4.